The second-order valence-electron chi connectivity index (χ2n) is 6.26. The number of carbonyl (C=O) groups is 1. The summed E-state index contributed by atoms with van der Waals surface area (Å²) in [6, 6.07) is 7.52. The average molecular weight is 345 g/mol. The predicted molar refractivity (Wildman–Crippen MR) is 96.8 cm³/mol. The van der Waals surface area contributed by atoms with Crippen molar-refractivity contribution in [2.75, 3.05) is 10.6 Å². The van der Waals surface area contributed by atoms with Crippen LogP contribution in [0.5, 0.6) is 0 Å². The van der Waals surface area contributed by atoms with E-state index in [0.29, 0.717) is 28.4 Å². The second-order valence-corrected chi connectivity index (χ2v) is 6.67. The van der Waals surface area contributed by atoms with Crippen molar-refractivity contribution in [1.82, 2.24) is 9.97 Å². The van der Waals surface area contributed by atoms with Gasteiger partial charge in [0.2, 0.25) is 5.95 Å². The number of rotatable bonds is 4. The Morgan fingerprint density at radius 2 is 1.92 bits per heavy atom. The molecule has 1 amide bonds. The van der Waals surface area contributed by atoms with Crippen LogP contribution >= 0.6 is 11.6 Å². The van der Waals surface area contributed by atoms with E-state index < -0.39 is 0 Å². The summed E-state index contributed by atoms with van der Waals surface area (Å²) < 4.78 is 0. The zero-order chi connectivity index (χ0) is 17.1. The van der Waals surface area contributed by atoms with E-state index in [2.05, 4.69) is 20.6 Å². The van der Waals surface area contributed by atoms with Crippen LogP contribution in [0, 0.1) is 13.8 Å². The number of benzene rings is 1. The number of aromatic nitrogens is 2. The fourth-order valence-corrected chi connectivity index (χ4v) is 3.05. The van der Waals surface area contributed by atoms with Crippen LogP contribution in [0.1, 0.15) is 47.4 Å². The van der Waals surface area contributed by atoms with Gasteiger partial charge < -0.3 is 10.6 Å². The first-order chi connectivity index (χ1) is 11.5. The van der Waals surface area contributed by atoms with Gasteiger partial charge in [-0.15, -0.1) is 0 Å². The van der Waals surface area contributed by atoms with Gasteiger partial charge in [0.15, 0.2) is 0 Å². The summed E-state index contributed by atoms with van der Waals surface area (Å²) in [6.07, 6.45) is 4.71. The van der Waals surface area contributed by atoms with Gasteiger partial charge in [-0.05, 0) is 50.5 Å². The largest absolute Gasteiger partial charge is 0.351 e. The van der Waals surface area contributed by atoms with Crippen LogP contribution in [-0.2, 0) is 0 Å². The van der Waals surface area contributed by atoms with E-state index in [9.17, 15) is 4.79 Å². The van der Waals surface area contributed by atoms with Crippen molar-refractivity contribution in [3.63, 3.8) is 0 Å². The van der Waals surface area contributed by atoms with Gasteiger partial charge in [-0.25, -0.2) is 9.97 Å². The molecular weight excluding hydrogens is 324 g/mol. The molecule has 0 radical (unpaired) electrons. The Bertz CT molecular complexity index is 757. The van der Waals surface area contributed by atoms with Gasteiger partial charge in [-0.3, -0.25) is 4.79 Å². The maximum Gasteiger partial charge on any atom is 0.274 e. The summed E-state index contributed by atoms with van der Waals surface area (Å²) in [5.74, 6) is 0.254. The van der Waals surface area contributed by atoms with Gasteiger partial charge in [-0.1, -0.05) is 30.5 Å². The van der Waals surface area contributed by atoms with Crippen LogP contribution in [0.25, 0.3) is 0 Å². The van der Waals surface area contributed by atoms with Gasteiger partial charge in [0.1, 0.15) is 5.69 Å². The molecule has 1 aromatic heterocycles. The molecule has 24 heavy (non-hydrogen) atoms. The lowest BCUT2D eigenvalue weighted by Crippen LogP contribution is -2.20. The highest BCUT2D eigenvalue weighted by Gasteiger charge is 2.17. The standard InChI is InChI=1S/C18H21ClN4O/c1-11-7-8-14(10-15(11)19)21-17(24)16-9-12(2)20-18(23-16)22-13-5-3-4-6-13/h7-10,13H,3-6H2,1-2H3,(H,21,24)(H,20,22,23). The minimum absolute atomic E-state index is 0.269. The van der Waals surface area contributed by atoms with Crippen LogP contribution in [-0.4, -0.2) is 21.9 Å². The molecule has 1 saturated carbocycles. The average Bonchev–Trinajstić information content (AvgIpc) is 3.03. The normalized spacial score (nSPS) is 14.6. The van der Waals surface area contributed by atoms with E-state index in [0.717, 1.165) is 24.1 Å². The number of carbonyl (C=O) groups excluding carboxylic acids is 1. The molecule has 1 aromatic carbocycles. The molecule has 1 heterocycles. The van der Waals surface area contributed by atoms with Crippen molar-refractivity contribution < 1.29 is 4.79 Å². The van der Waals surface area contributed by atoms with E-state index in [-0.39, 0.29) is 5.91 Å². The van der Waals surface area contributed by atoms with Gasteiger partial charge in [-0.2, -0.15) is 0 Å². The molecule has 126 valence electrons. The van der Waals surface area contributed by atoms with E-state index in [1.165, 1.54) is 12.8 Å². The van der Waals surface area contributed by atoms with Crippen molar-refractivity contribution >= 4 is 29.1 Å². The molecular formula is C18H21ClN4O. The Hall–Kier alpha value is -2.14. The Balaban J connectivity index is 1.75. The fourth-order valence-electron chi connectivity index (χ4n) is 2.87. The molecule has 0 unspecified atom stereocenters. The van der Waals surface area contributed by atoms with Gasteiger partial charge >= 0.3 is 0 Å². The number of hydrogen-bond donors (Lipinski definition) is 2. The molecule has 0 bridgehead atoms. The van der Waals surface area contributed by atoms with Gasteiger partial charge in [0.05, 0.1) is 0 Å². The Labute approximate surface area is 146 Å². The molecule has 2 aromatic rings. The molecule has 0 spiro atoms. The van der Waals surface area contributed by atoms with Crippen molar-refractivity contribution in [3.05, 3.63) is 46.2 Å². The number of nitrogens with zero attached hydrogens (tertiary/aromatic N) is 2. The Kier molecular flexibility index (Phi) is 5.00. The number of nitrogens with one attached hydrogen (secondary N) is 2. The molecule has 3 rings (SSSR count). The van der Waals surface area contributed by atoms with Crippen molar-refractivity contribution in [1.29, 1.82) is 0 Å². The quantitative estimate of drug-likeness (QED) is 0.865. The number of aryl methyl sites for hydroxylation is 2. The summed E-state index contributed by atoms with van der Waals surface area (Å²) in [4.78, 5) is 21.2. The van der Waals surface area contributed by atoms with Crippen molar-refractivity contribution in [2.24, 2.45) is 0 Å². The van der Waals surface area contributed by atoms with Crippen LogP contribution in [0.4, 0.5) is 11.6 Å². The number of halogens is 1. The third-order valence-corrected chi connectivity index (χ3v) is 4.61. The molecule has 0 aliphatic heterocycles. The van der Waals surface area contributed by atoms with Crippen molar-refractivity contribution in [2.45, 2.75) is 45.6 Å². The lowest BCUT2D eigenvalue weighted by molar-refractivity contribution is 0.102. The minimum atomic E-state index is -0.269. The number of amides is 1. The molecule has 2 N–H and O–H groups in total. The van der Waals surface area contributed by atoms with E-state index in [1.54, 1.807) is 12.1 Å². The number of hydrogen-bond acceptors (Lipinski definition) is 4. The summed E-state index contributed by atoms with van der Waals surface area (Å²) in [7, 11) is 0. The summed E-state index contributed by atoms with van der Waals surface area (Å²) in [5.41, 5.74) is 2.73. The van der Waals surface area contributed by atoms with Crippen molar-refractivity contribution in [3.8, 4) is 0 Å². The lowest BCUT2D eigenvalue weighted by Gasteiger charge is -2.13. The molecule has 5 nitrogen and oxygen atoms in total. The van der Waals surface area contributed by atoms with Gasteiger partial charge in [0, 0.05) is 22.4 Å². The molecule has 0 atom stereocenters. The van der Waals surface area contributed by atoms with Crippen LogP contribution in [0.3, 0.4) is 0 Å². The van der Waals surface area contributed by atoms with Crippen LogP contribution in [0.15, 0.2) is 24.3 Å². The minimum Gasteiger partial charge on any atom is -0.351 e. The zero-order valence-corrected chi connectivity index (χ0v) is 14.7. The monoisotopic (exact) mass is 344 g/mol. The highest BCUT2D eigenvalue weighted by molar-refractivity contribution is 6.31. The maximum absolute atomic E-state index is 12.5. The van der Waals surface area contributed by atoms with Crippen LogP contribution < -0.4 is 10.6 Å². The first-order valence-corrected chi connectivity index (χ1v) is 8.59. The SMILES string of the molecule is Cc1cc(C(=O)Nc2ccc(C)c(Cl)c2)nc(NC2CCCC2)n1. The van der Waals surface area contributed by atoms with E-state index in [4.69, 9.17) is 11.6 Å². The molecule has 1 aliphatic carbocycles. The Morgan fingerprint density at radius 1 is 1.17 bits per heavy atom. The zero-order valence-electron chi connectivity index (χ0n) is 13.9. The lowest BCUT2D eigenvalue weighted by atomic mass is 10.2. The summed E-state index contributed by atoms with van der Waals surface area (Å²) >= 11 is 6.10. The fraction of sp³-hybridized carbons (Fsp3) is 0.389. The topological polar surface area (TPSA) is 66.9 Å². The van der Waals surface area contributed by atoms with E-state index in [1.807, 2.05) is 26.0 Å². The molecule has 6 heteroatoms. The first kappa shape index (κ1) is 16.7. The van der Waals surface area contributed by atoms with Crippen LogP contribution in [0.2, 0.25) is 5.02 Å². The predicted octanol–water partition coefficient (Wildman–Crippen LogP) is 4.35. The van der Waals surface area contributed by atoms with Gasteiger partial charge in [0.25, 0.3) is 5.91 Å². The molecule has 0 saturated heterocycles. The highest BCUT2D eigenvalue weighted by atomic mass is 35.5. The maximum atomic E-state index is 12.5. The third kappa shape index (κ3) is 4.03. The molecule has 1 fully saturated rings. The number of anilines is 2. The smallest absolute Gasteiger partial charge is 0.274 e. The Morgan fingerprint density at radius 3 is 2.62 bits per heavy atom. The molecule has 1 aliphatic rings. The third-order valence-electron chi connectivity index (χ3n) is 4.20. The summed E-state index contributed by atoms with van der Waals surface area (Å²) in [6.45, 7) is 3.78. The summed E-state index contributed by atoms with van der Waals surface area (Å²) in [5, 5.41) is 6.79. The second kappa shape index (κ2) is 7.18. The highest BCUT2D eigenvalue weighted by Crippen LogP contribution is 2.22. The first-order valence-electron chi connectivity index (χ1n) is 8.21. The van der Waals surface area contributed by atoms with E-state index >= 15 is 0 Å².